The third kappa shape index (κ3) is 5.75. The molecular weight excluding hydrogens is 409 g/mol. The molecule has 1 saturated carbocycles. The lowest BCUT2D eigenvalue weighted by Gasteiger charge is -2.17. The second-order valence-corrected chi connectivity index (χ2v) is 7.43. The molecule has 0 atom stereocenters. The fourth-order valence-corrected chi connectivity index (χ4v) is 3.23. The van der Waals surface area contributed by atoms with E-state index in [0.717, 1.165) is 41.1 Å². The van der Waals surface area contributed by atoms with E-state index < -0.39 is 17.8 Å². The van der Waals surface area contributed by atoms with Gasteiger partial charge in [0.25, 0.3) is 0 Å². The average molecular weight is 434 g/mol. The minimum atomic E-state index is -4.43. The molecule has 0 heterocycles. The Morgan fingerprint density at radius 1 is 1.26 bits per heavy atom. The minimum Gasteiger partial charge on any atom is -0.391 e. The van der Waals surface area contributed by atoms with Crippen molar-refractivity contribution in [3.63, 3.8) is 0 Å². The van der Waals surface area contributed by atoms with Gasteiger partial charge in [-0.15, -0.1) is 0 Å². The van der Waals surface area contributed by atoms with Gasteiger partial charge in [-0.05, 0) is 54.5 Å². The molecule has 0 aliphatic heterocycles. The zero-order chi connectivity index (χ0) is 22.6. The summed E-state index contributed by atoms with van der Waals surface area (Å²) in [5, 5.41) is 7.80. The van der Waals surface area contributed by atoms with Crippen molar-refractivity contribution in [1.29, 1.82) is 0 Å². The number of hydrazine groups is 1. The van der Waals surface area contributed by atoms with Gasteiger partial charge in [0.2, 0.25) is 0 Å². The molecule has 0 unspecified atom stereocenters. The maximum Gasteiger partial charge on any atom is 0.416 e. The van der Waals surface area contributed by atoms with Crippen LogP contribution in [0.3, 0.4) is 0 Å². The highest BCUT2D eigenvalue weighted by molar-refractivity contribution is 6.00. The number of halogens is 3. The second-order valence-electron chi connectivity index (χ2n) is 7.43. The molecule has 2 amide bonds. The first-order chi connectivity index (χ1) is 14.7. The van der Waals surface area contributed by atoms with Gasteiger partial charge in [-0.3, -0.25) is 5.01 Å². The van der Waals surface area contributed by atoms with Crippen LogP contribution in [-0.4, -0.2) is 23.8 Å². The summed E-state index contributed by atoms with van der Waals surface area (Å²) in [5.74, 6) is 5.89. The number of benzene rings is 2. The molecule has 9 heteroatoms. The molecule has 166 valence electrons. The largest absolute Gasteiger partial charge is 0.416 e. The average Bonchev–Trinajstić information content (AvgIpc) is 3.56. The Morgan fingerprint density at radius 3 is 2.58 bits per heavy atom. The fourth-order valence-electron chi connectivity index (χ4n) is 3.23. The molecule has 2 aromatic carbocycles. The van der Waals surface area contributed by atoms with E-state index in [1.54, 1.807) is 19.1 Å². The lowest BCUT2D eigenvalue weighted by Crippen LogP contribution is -2.37. The van der Waals surface area contributed by atoms with Crippen molar-refractivity contribution in [3.8, 4) is 0 Å². The highest BCUT2D eigenvalue weighted by Crippen LogP contribution is 2.43. The molecular formula is C22H25F3N4O2. The molecule has 31 heavy (non-hydrogen) atoms. The van der Waals surface area contributed by atoms with Crippen molar-refractivity contribution in [2.45, 2.75) is 44.9 Å². The molecule has 2 aromatic rings. The van der Waals surface area contributed by atoms with E-state index in [1.165, 1.54) is 13.1 Å². The van der Waals surface area contributed by atoms with E-state index in [4.69, 9.17) is 10.7 Å². The number of urea groups is 1. The number of carbonyl (C=O) groups is 1. The number of carbonyl (C=O) groups excluding carboxylic acids is 1. The number of oxime groups is 1. The Kier molecular flexibility index (Phi) is 6.84. The molecule has 1 aliphatic rings. The molecule has 0 aromatic heterocycles. The normalized spacial score (nSPS) is 14.3. The van der Waals surface area contributed by atoms with Crippen LogP contribution in [0.25, 0.3) is 0 Å². The lowest BCUT2D eigenvalue weighted by molar-refractivity contribution is -0.137. The van der Waals surface area contributed by atoms with Crippen molar-refractivity contribution < 1.29 is 22.8 Å². The number of nitrogens with one attached hydrogen (secondary N) is 1. The highest BCUT2D eigenvalue weighted by atomic mass is 19.4. The van der Waals surface area contributed by atoms with Crippen LogP contribution in [0.2, 0.25) is 0 Å². The van der Waals surface area contributed by atoms with Gasteiger partial charge in [0.05, 0.1) is 11.3 Å². The summed E-state index contributed by atoms with van der Waals surface area (Å²) in [6, 6.07) is 10.1. The van der Waals surface area contributed by atoms with E-state index in [-0.39, 0.29) is 6.61 Å². The van der Waals surface area contributed by atoms with E-state index >= 15 is 0 Å². The van der Waals surface area contributed by atoms with Gasteiger partial charge in [-0.2, -0.15) is 13.2 Å². The summed E-state index contributed by atoms with van der Waals surface area (Å²) in [6.07, 6.45) is -1.93. The number of nitrogens with zero attached hydrogens (tertiary/aromatic N) is 2. The van der Waals surface area contributed by atoms with Crippen LogP contribution < -0.4 is 11.2 Å². The molecule has 3 rings (SSSR count). The third-order valence-electron chi connectivity index (χ3n) is 5.03. The van der Waals surface area contributed by atoms with Gasteiger partial charge in [0, 0.05) is 18.3 Å². The number of amides is 2. The molecule has 0 bridgehead atoms. The molecule has 6 nitrogen and oxygen atoms in total. The maximum atomic E-state index is 13.0. The number of rotatable bonds is 7. The second kappa shape index (κ2) is 9.38. The Morgan fingerprint density at radius 2 is 1.97 bits per heavy atom. The summed E-state index contributed by atoms with van der Waals surface area (Å²) >= 11 is 0. The number of anilines is 1. The van der Waals surface area contributed by atoms with Crippen molar-refractivity contribution in [2.75, 3.05) is 12.4 Å². The summed E-state index contributed by atoms with van der Waals surface area (Å²) in [6.45, 7) is 1.86. The van der Waals surface area contributed by atoms with E-state index in [9.17, 15) is 18.0 Å². The first kappa shape index (κ1) is 22.6. The highest BCUT2D eigenvalue weighted by Gasteiger charge is 2.31. The van der Waals surface area contributed by atoms with Crippen LogP contribution in [0.4, 0.5) is 23.7 Å². The zero-order valence-electron chi connectivity index (χ0n) is 17.4. The maximum absolute atomic E-state index is 13.0. The predicted octanol–water partition coefficient (Wildman–Crippen LogP) is 5.25. The van der Waals surface area contributed by atoms with Crippen LogP contribution in [-0.2, 0) is 17.6 Å². The fraction of sp³-hybridized carbons (Fsp3) is 0.364. The van der Waals surface area contributed by atoms with Gasteiger partial charge in [-0.1, -0.05) is 36.3 Å². The summed E-state index contributed by atoms with van der Waals surface area (Å²) in [5.41, 5.74) is 2.43. The molecule has 1 aliphatic carbocycles. The van der Waals surface area contributed by atoms with Crippen LogP contribution in [0.1, 0.15) is 54.4 Å². The Hall–Kier alpha value is -3.07. The lowest BCUT2D eigenvalue weighted by atomic mass is 10.0. The molecule has 0 spiro atoms. The van der Waals surface area contributed by atoms with Gasteiger partial charge in [-0.25, -0.2) is 10.6 Å². The number of alkyl halides is 3. The van der Waals surface area contributed by atoms with Crippen molar-refractivity contribution >= 4 is 17.4 Å². The van der Waals surface area contributed by atoms with E-state index in [1.807, 2.05) is 12.1 Å². The van der Waals surface area contributed by atoms with Crippen LogP contribution in [0.5, 0.6) is 0 Å². The number of hydrogen-bond acceptors (Lipinski definition) is 4. The number of hydrogen-bond donors (Lipinski definition) is 2. The Balaban J connectivity index is 1.82. The Labute approximate surface area is 178 Å². The van der Waals surface area contributed by atoms with Crippen LogP contribution in [0.15, 0.2) is 47.6 Å². The minimum absolute atomic E-state index is 0.0685. The molecule has 0 saturated heterocycles. The SMILES string of the molecule is CC/C(=N/OCc1c(NC(=O)N(C)N)cccc1C1CC1)c1cccc(C(F)(F)F)c1. The summed E-state index contributed by atoms with van der Waals surface area (Å²) in [7, 11) is 1.43. The van der Waals surface area contributed by atoms with E-state index in [2.05, 4.69) is 10.5 Å². The monoisotopic (exact) mass is 434 g/mol. The van der Waals surface area contributed by atoms with Gasteiger partial charge < -0.3 is 10.2 Å². The molecule has 3 N–H and O–H groups in total. The quantitative estimate of drug-likeness (QED) is 0.270. The van der Waals surface area contributed by atoms with E-state index in [0.29, 0.717) is 29.3 Å². The van der Waals surface area contributed by atoms with Crippen molar-refractivity contribution in [1.82, 2.24) is 5.01 Å². The summed E-state index contributed by atoms with van der Waals surface area (Å²) < 4.78 is 39.1. The molecule has 1 fully saturated rings. The topological polar surface area (TPSA) is 80.0 Å². The Bertz CT molecular complexity index is 969. The van der Waals surface area contributed by atoms with Gasteiger partial charge >= 0.3 is 12.2 Å². The van der Waals surface area contributed by atoms with Crippen molar-refractivity contribution in [2.24, 2.45) is 11.0 Å². The van der Waals surface area contributed by atoms with Gasteiger partial charge in [0.1, 0.15) is 6.61 Å². The number of nitrogens with two attached hydrogens (primary N) is 1. The standard InChI is InChI=1S/C22H25F3N4O2/c1-3-19(15-6-4-7-16(12-15)22(23,24)25)28-31-13-18-17(14-10-11-14)8-5-9-20(18)27-21(30)29(2)26/h4-9,12,14H,3,10-11,13,26H2,1-2H3,(H,27,30)/b28-19-. The smallest absolute Gasteiger partial charge is 0.391 e. The first-order valence-corrected chi connectivity index (χ1v) is 9.98. The zero-order valence-corrected chi connectivity index (χ0v) is 17.4. The third-order valence-corrected chi connectivity index (χ3v) is 5.03. The van der Waals surface area contributed by atoms with Crippen LogP contribution >= 0.6 is 0 Å². The summed E-state index contributed by atoms with van der Waals surface area (Å²) in [4.78, 5) is 17.6. The van der Waals surface area contributed by atoms with Gasteiger partial charge in [0.15, 0.2) is 0 Å². The van der Waals surface area contributed by atoms with Crippen LogP contribution in [0, 0.1) is 0 Å². The molecule has 0 radical (unpaired) electrons. The first-order valence-electron chi connectivity index (χ1n) is 9.98. The van der Waals surface area contributed by atoms with Crippen molar-refractivity contribution in [3.05, 3.63) is 64.7 Å². The predicted molar refractivity (Wildman–Crippen MR) is 112 cm³/mol.